The van der Waals surface area contributed by atoms with Crippen LogP contribution in [-0.4, -0.2) is 62.7 Å². The monoisotopic (exact) mass is 355 g/mol. The molecule has 9 heteroatoms. The SMILES string of the molecule is C[As](C)C[C@H]1O[C@@H](n2cnc3c(N)ncnc32)[C@H](O)[C@@H]1O. The average Bonchev–Trinajstić information content (AvgIpc) is 2.96. The number of nitrogens with two attached hydrogens (primary N) is 1. The molecule has 0 unspecified atom stereocenters. The van der Waals surface area contributed by atoms with Crippen LogP contribution in [0.15, 0.2) is 12.7 Å². The Morgan fingerprint density at radius 3 is 2.76 bits per heavy atom. The number of nitrogen functional groups attached to an aromatic ring is 1. The van der Waals surface area contributed by atoms with Gasteiger partial charge in [0.15, 0.2) is 0 Å². The molecule has 1 fully saturated rings. The first-order valence-electron chi connectivity index (χ1n) is 6.58. The summed E-state index contributed by atoms with van der Waals surface area (Å²) < 4.78 is 7.45. The number of ether oxygens (including phenoxy) is 1. The van der Waals surface area contributed by atoms with Gasteiger partial charge in [0.05, 0.1) is 0 Å². The van der Waals surface area contributed by atoms with Crippen molar-refractivity contribution in [2.45, 2.75) is 41.2 Å². The molecule has 1 aliphatic rings. The van der Waals surface area contributed by atoms with Crippen LogP contribution in [0.2, 0.25) is 16.6 Å². The molecule has 0 spiro atoms. The van der Waals surface area contributed by atoms with Gasteiger partial charge >= 0.3 is 126 Å². The Bertz CT molecular complexity index is 649. The first-order chi connectivity index (χ1) is 9.99. The van der Waals surface area contributed by atoms with E-state index in [0.29, 0.717) is 11.2 Å². The number of anilines is 1. The van der Waals surface area contributed by atoms with E-state index in [1.165, 1.54) is 12.7 Å². The van der Waals surface area contributed by atoms with Crippen LogP contribution in [0.5, 0.6) is 0 Å². The molecule has 1 saturated heterocycles. The van der Waals surface area contributed by atoms with Gasteiger partial charge in [0.2, 0.25) is 0 Å². The van der Waals surface area contributed by atoms with E-state index < -0.39 is 33.1 Å². The zero-order valence-electron chi connectivity index (χ0n) is 11.8. The van der Waals surface area contributed by atoms with Gasteiger partial charge in [-0.05, 0) is 0 Å². The fourth-order valence-corrected chi connectivity index (χ4v) is 4.67. The first-order valence-corrected chi connectivity index (χ1v) is 11.7. The summed E-state index contributed by atoms with van der Waals surface area (Å²) in [6, 6.07) is 0. The Hall–Kier alpha value is -1.21. The van der Waals surface area contributed by atoms with E-state index in [-0.39, 0.29) is 11.9 Å². The number of aliphatic hydroxyl groups is 2. The molecule has 0 aliphatic carbocycles. The van der Waals surface area contributed by atoms with Crippen LogP contribution in [0.4, 0.5) is 5.82 Å². The van der Waals surface area contributed by atoms with Crippen molar-refractivity contribution in [1.29, 1.82) is 0 Å². The molecule has 1 aliphatic heterocycles. The van der Waals surface area contributed by atoms with E-state index in [0.717, 1.165) is 5.21 Å². The van der Waals surface area contributed by atoms with E-state index in [1.54, 1.807) is 4.57 Å². The van der Waals surface area contributed by atoms with Crippen LogP contribution >= 0.6 is 0 Å². The number of aromatic nitrogens is 4. The molecule has 21 heavy (non-hydrogen) atoms. The van der Waals surface area contributed by atoms with Crippen LogP contribution in [-0.2, 0) is 4.74 Å². The summed E-state index contributed by atoms with van der Waals surface area (Å²) in [5, 5.41) is 21.2. The molecule has 4 atom stereocenters. The van der Waals surface area contributed by atoms with Crippen LogP contribution in [0, 0.1) is 0 Å². The van der Waals surface area contributed by atoms with Gasteiger partial charge < -0.3 is 0 Å². The van der Waals surface area contributed by atoms with Gasteiger partial charge in [-0.15, -0.1) is 0 Å². The molecule has 0 radical (unpaired) electrons. The predicted molar refractivity (Wildman–Crippen MR) is 77.9 cm³/mol. The standard InChI is InChI=1S/C12H18AsN5O3/c1-13(2)3-6-8(19)9(20)12(21-6)18-5-17-7-10(14)15-4-16-11(7)18/h4-6,8-9,12,19-20H,3H2,1-2H3,(H2,14,15,16)/t6-,8-,9-,12-/m1/s1. The topological polar surface area (TPSA) is 119 Å². The summed E-state index contributed by atoms with van der Waals surface area (Å²) in [7, 11) is 0. The molecule has 2 aromatic rings. The van der Waals surface area contributed by atoms with E-state index in [1.807, 2.05) is 0 Å². The number of aliphatic hydroxyl groups excluding tert-OH is 2. The molecule has 0 saturated carbocycles. The fourth-order valence-electron chi connectivity index (χ4n) is 2.53. The summed E-state index contributed by atoms with van der Waals surface area (Å²) in [6.07, 6.45) is -0.130. The third-order valence-electron chi connectivity index (χ3n) is 3.54. The molecule has 2 aromatic heterocycles. The second kappa shape index (κ2) is 5.53. The molecule has 3 rings (SSSR count). The van der Waals surface area contributed by atoms with Crippen molar-refractivity contribution < 1.29 is 14.9 Å². The zero-order valence-corrected chi connectivity index (χ0v) is 13.7. The van der Waals surface area contributed by atoms with Crippen LogP contribution < -0.4 is 5.73 Å². The second-order valence-corrected chi connectivity index (χ2v) is 10.7. The van der Waals surface area contributed by atoms with E-state index in [2.05, 4.69) is 26.4 Å². The summed E-state index contributed by atoms with van der Waals surface area (Å²) in [4.78, 5) is 12.2. The number of imidazole rings is 1. The van der Waals surface area contributed by atoms with Crippen molar-refractivity contribution in [2.75, 3.05) is 5.73 Å². The maximum atomic E-state index is 10.3. The van der Waals surface area contributed by atoms with Crippen molar-refractivity contribution in [3.05, 3.63) is 12.7 Å². The summed E-state index contributed by atoms with van der Waals surface area (Å²) in [5.41, 5.74) is 11.1. The molecule has 0 amide bonds. The first kappa shape index (κ1) is 14.7. The number of hydrogen-bond acceptors (Lipinski definition) is 7. The third-order valence-corrected chi connectivity index (χ3v) is 5.83. The predicted octanol–water partition coefficient (Wildman–Crippen LogP) is -0.218. The number of fused-ring (bicyclic) bond motifs is 1. The minimum atomic E-state index is -1.02. The summed E-state index contributed by atoms with van der Waals surface area (Å²) >= 11 is -0.983. The van der Waals surface area contributed by atoms with Crippen molar-refractivity contribution >= 4 is 31.6 Å². The summed E-state index contributed by atoms with van der Waals surface area (Å²) in [6.45, 7) is 0. The van der Waals surface area contributed by atoms with Crippen LogP contribution in [0.25, 0.3) is 11.2 Å². The van der Waals surface area contributed by atoms with Crippen molar-refractivity contribution in [1.82, 2.24) is 19.5 Å². The van der Waals surface area contributed by atoms with E-state index in [9.17, 15) is 10.2 Å². The van der Waals surface area contributed by atoms with Gasteiger partial charge in [-0.1, -0.05) is 0 Å². The van der Waals surface area contributed by atoms with Gasteiger partial charge in [-0.3, -0.25) is 0 Å². The van der Waals surface area contributed by atoms with Gasteiger partial charge in [-0.25, -0.2) is 0 Å². The van der Waals surface area contributed by atoms with Gasteiger partial charge in [0, 0.05) is 0 Å². The van der Waals surface area contributed by atoms with Crippen LogP contribution in [0.3, 0.4) is 0 Å². The molecular formula is C12H18AsN5O3. The molecule has 0 aromatic carbocycles. The fraction of sp³-hybridized carbons (Fsp3) is 0.583. The summed E-state index contributed by atoms with van der Waals surface area (Å²) in [5.74, 6) is 0.276. The number of hydrogen-bond donors (Lipinski definition) is 3. The van der Waals surface area contributed by atoms with Crippen molar-refractivity contribution in [3.8, 4) is 0 Å². The zero-order chi connectivity index (χ0) is 15.1. The van der Waals surface area contributed by atoms with E-state index >= 15 is 0 Å². The molecule has 3 heterocycles. The number of nitrogens with zero attached hydrogens (tertiary/aromatic N) is 4. The minimum absolute atomic E-state index is 0.276. The van der Waals surface area contributed by atoms with Gasteiger partial charge in [0.25, 0.3) is 0 Å². The van der Waals surface area contributed by atoms with Crippen molar-refractivity contribution in [3.63, 3.8) is 0 Å². The molecule has 0 bridgehead atoms. The quantitative estimate of drug-likeness (QED) is 0.652. The Balaban J connectivity index is 1.94. The van der Waals surface area contributed by atoms with Crippen molar-refractivity contribution in [2.24, 2.45) is 0 Å². The Morgan fingerprint density at radius 1 is 1.29 bits per heavy atom. The normalized spacial score (nSPS) is 29.6. The number of rotatable bonds is 3. The maximum absolute atomic E-state index is 10.3. The van der Waals surface area contributed by atoms with Crippen LogP contribution in [0.1, 0.15) is 6.23 Å². The Kier molecular flexibility index (Phi) is 3.87. The molecule has 114 valence electrons. The second-order valence-electron chi connectivity index (χ2n) is 5.39. The van der Waals surface area contributed by atoms with Gasteiger partial charge in [0.1, 0.15) is 0 Å². The molecule has 8 nitrogen and oxygen atoms in total. The third kappa shape index (κ3) is 2.53. The average molecular weight is 355 g/mol. The molecular weight excluding hydrogens is 337 g/mol. The Labute approximate surface area is 126 Å². The molecule has 4 N–H and O–H groups in total. The van der Waals surface area contributed by atoms with E-state index in [4.69, 9.17) is 10.5 Å². The van der Waals surface area contributed by atoms with Gasteiger partial charge in [-0.2, -0.15) is 0 Å². The Morgan fingerprint density at radius 2 is 2.05 bits per heavy atom.